The van der Waals surface area contributed by atoms with Crippen LogP contribution in [0.3, 0.4) is 0 Å². The van der Waals surface area contributed by atoms with Crippen molar-refractivity contribution in [3.8, 4) is 51.7 Å². The van der Waals surface area contributed by atoms with Crippen molar-refractivity contribution in [2.24, 2.45) is 0 Å². The number of halogens is 3. The standard InChI is InChI=1S/4C12H12N2.CHN2.3ClHO4.2Cu.3H2O/c4*1-9-3-5-13-11(7-9)12-8-10(2)4-6-14-12;2-1-3;3*2-1(3,4)5;;;;;/h4*3-8H,1-2H3;2H;3*(H,2,3,4,5);;;3*1H2/q;;;;-1;;;;2*+2;;;/p-3. The second-order valence-corrected chi connectivity index (χ2v) is 17.3. The molecule has 0 aliphatic rings. The maximum Gasteiger partial charge on any atom is 2.00 e. The molecular formula is C49H55Cl3Cu2N10O15. The Labute approximate surface area is 483 Å². The van der Waals surface area contributed by atoms with E-state index in [4.69, 9.17) is 66.9 Å². The quantitative estimate of drug-likeness (QED) is 0.117. The van der Waals surface area contributed by atoms with Gasteiger partial charge < -0.3 is 27.4 Å². The maximum absolute atomic E-state index is 8.49. The van der Waals surface area contributed by atoms with Crippen molar-refractivity contribution in [2.75, 3.05) is 0 Å². The first-order chi connectivity index (χ1) is 34.4. The first-order valence-electron chi connectivity index (χ1n) is 20.8. The number of nitrogens with one attached hydrogen (secondary N) is 1. The van der Waals surface area contributed by atoms with Crippen LogP contribution < -0.4 is 55.9 Å². The molecule has 0 saturated heterocycles. The summed E-state index contributed by atoms with van der Waals surface area (Å²) in [4.78, 5) is 34.3. The molecule has 2 radical (unpaired) electrons. The summed E-state index contributed by atoms with van der Waals surface area (Å²) < 4.78 is 102. The molecule has 8 aromatic heterocycles. The van der Waals surface area contributed by atoms with Gasteiger partial charge in [0.2, 0.25) is 0 Å². The van der Waals surface area contributed by atoms with Gasteiger partial charge in [-0.05, 0) is 197 Å². The number of hydrogen-bond donors (Lipinski definition) is 0. The molecule has 25 nitrogen and oxygen atoms in total. The molecule has 8 rings (SSSR count). The van der Waals surface area contributed by atoms with Crippen molar-refractivity contribution in [1.82, 2.24) is 39.9 Å². The van der Waals surface area contributed by atoms with Gasteiger partial charge in [0.15, 0.2) is 0 Å². The Morgan fingerprint density at radius 3 is 0.430 bits per heavy atom. The SMILES string of the molecule is Cc1ccnc(-c2cc(C)ccn2)c1.Cc1ccnc(-c2cc(C)ccn2)c1.Cc1ccnc(-c2cc(C)ccn2)c1.Cc1ccnc(-c2cc(C)ccn2)c1.N#C[NH-].O.O.O.[Cu+2].[Cu+2].[O-][Cl+3]([O-])([O-])[O-].[O-][Cl+3]([O-])([O-])[O-].[O-][Cl+3]([O-])([O-])[O-]. The number of hydrogen-bond acceptors (Lipinski definition) is 21. The Kier molecular flexibility index (Phi) is 43.2. The topological polar surface area (TPSA) is 522 Å². The molecule has 8 heterocycles. The molecule has 7 N–H and O–H groups in total. The molecule has 0 bridgehead atoms. The van der Waals surface area contributed by atoms with E-state index in [0.717, 1.165) is 51.7 Å². The van der Waals surface area contributed by atoms with Crippen molar-refractivity contribution >= 4 is 0 Å². The van der Waals surface area contributed by atoms with Crippen molar-refractivity contribution in [3.05, 3.63) is 197 Å². The molecule has 0 amide bonds. The summed E-state index contributed by atoms with van der Waals surface area (Å²) in [6, 6.07) is 32.2. The largest absolute Gasteiger partial charge is 2.00 e. The average Bonchev–Trinajstić information content (AvgIpc) is 3.28. The van der Waals surface area contributed by atoms with Gasteiger partial charge in [-0.3, -0.25) is 39.9 Å². The zero-order chi connectivity index (χ0) is 56.1. The van der Waals surface area contributed by atoms with Crippen LogP contribution in [-0.4, -0.2) is 56.3 Å². The van der Waals surface area contributed by atoms with Gasteiger partial charge in [-0.15, -0.1) is 30.7 Å². The van der Waals surface area contributed by atoms with Crippen LogP contribution in [0, 0.1) is 97.6 Å². The van der Waals surface area contributed by atoms with Gasteiger partial charge in [-0.2, -0.15) is 0 Å². The molecule has 0 saturated carbocycles. The molecule has 0 aliphatic carbocycles. The summed E-state index contributed by atoms with van der Waals surface area (Å²) in [5.74, 6) is 0. The minimum absolute atomic E-state index is 0. The van der Waals surface area contributed by atoms with E-state index in [2.05, 4.69) is 95.3 Å². The van der Waals surface area contributed by atoms with Crippen molar-refractivity contribution in [1.29, 1.82) is 5.26 Å². The van der Waals surface area contributed by atoms with Crippen LogP contribution in [0.2, 0.25) is 0 Å². The van der Waals surface area contributed by atoms with Gasteiger partial charge in [0.1, 0.15) is 0 Å². The number of nitrogens with zero attached hydrogens (tertiary/aromatic N) is 9. The predicted octanol–water partition coefficient (Wildman–Crippen LogP) is -5.19. The van der Waals surface area contributed by atoms with E-state index in [1.807, 2.05) is 147 Å². The van der Waals surface area contributed by atoms with E-state index < -0.39 is 30.7 Å². The van der Waals surface area contributed by atoms with Crippen LogP contribution in [0.5, 0.6) is 0 Å². The van der Waals surface area contributed by atoms with Gasteiger partial charge in [0.05, 0.1) is 45.6 Å². The van der Waals surface area contributed by atoms with E-state index in [-0.39, 0.29) is 50.6 Å². The van der Waals surface area contributed by atoms with Gasteiger partial charge in [-0.1, -0.05) is 6.19 Å². The second kappa shape index (κ2) is 41.8. The fraction of sp³-hybridized carbons (Fsp3) is 0.163. The van der Waals surface area contributed by atoms with Gasteiger partial charge >= 0.3 is 34.1 Å². The predicted molar refractivity (Wildman–Crippen MR) is 249 cm³/mol. The normalized spacial score (nSPS) is 9.56. The van der Waals surface area contributed by atoms with Crippen LogP contribution in [0.15, 0.2) is 147 Å². The van der Waals surface area contributed by atoms with Crippen LogP contribution in [-0.2, 0) is 34.1 Å². The number of aryl methyl sites for hydroxylation is 8. The molecular weight excluding hydrogens is 1200 g/mol. The van der Waals surface area contributed by atoms with Crippen LogP contribution >= 0.6 is 0 Å². The third-order valence-electron chi connectivity index (χ3n) is 8.37. The van der Waals surface area contributed by atoms with Crippen molar-refractivity contribution in [3.63, 3.8) is 0 Å². The number of aromatic nitrogens is 8. The first-order valence-corrected chi connectivity index (χ1v) is 24.5. The van der Waals surface area contributed by atoms with Crippen molar-refractivity contribution < 1.29 is 137 Å². The molecule has 434 valence electrons. The Hall–Kier alpha value is -6.20. The van der Waals surface area contributed by atoms with E-state index in [9.17, 15) is 0 Å². The molecule has 8 aromatic rings. The molecule has 0 aliphatic heterocycles. The van der Waals surface area contributed by atoms with Crippen LogP contribution in [0.25, 0.3) is 51.3 Å². The molecule has 0 spiro atoms. The first kappa shape index (κ1) is 81.6. The third kappa shape index (κ3) is 43.4. The molecule has 30 heteroatoms. The van der Waals surface area contributed by atoms with E-state index in [1.54, 1.807) is 0 Å². The average molecular weight is 1260 g/mol. The Bertz CT molecular complexity index is 2410. The fourth-order valence-corrected chi connectivity index (χ4v) is 5.41. The van der Waals surface area contributed by atoms with Crippen LogP contribution in [0.1, 0.15) is 44.5 Å². The van der Waals surface area contributed by atoms with Gasteiger partial charge in [0, 0.05) is 49.6 Å². The Morgan fingerprint density at radius 1 is 0.291 bits per heavy atom. The summed E-state index contributed by atoms with van der Waals surface area (Å²) in [6.45, 7) is 16.5. The summed E-state index contributed by atoms with van der Waals surface area (Å²) >= 11 is 0. The Balaban J connectivity index is -0.000000274. The van der Waals surface area contributed by atoms with Gasteiger partial charge in [-0.25, -0.2) is 55.9 Å². The Morgan fingerprint density at radius 2 is 0.367 bits per heavy atom. The number of pyridine rings is 8. The second-order valence-electron chi connectivity index (χ2n) is 15.0. The maximum atomic E-state index is 8.49. The zero-order valence-electron chi connectivity index (χ0n) is 43.0. The zero-order valence-corrected chi connectivity index (χ0v) is 47.2. The van der Waals surface area contributed by atoms with Crippen LogP contribution in [0.4, 0.5) is 0 Å². The summed E-state index contributed by atoms with van der Waals surface area (Å²) in [6.07, 6.45) is 15.5. The molecule has 0 unspecified atom stereocenters. The van der Waals surface area contributed by atoms with E-state index in [1.165, 1.54) is 44.5 Å². The minimum atomic E-state index is -4.94. The molecule has 0 fully saturated rings. The smallest absolute Gasteiger partial charge is 0.494 e. The van der Waals surface area contributed by atoms with Crippen molar-refractivity contribution in [2.45, 2.75) is 55.4 Å². The number of nitriles is 1. The van der Waals surface area contributed by atoms with E-state index in [0.29, 0.717) is 0 Å². The van der Waals surface area contributed by atoms with Gasteiger partial charge in [0.25, 0.3) is 0 Å². The number of rotatable bonds is 4. The van der Waals surface area contributed by atoms with E-state index >= 15 is 0 Å². The summed E-state index contributed by atoms with van der Waals surface area (Å²) in [5.41, 5.74) is 22.7. The molecule has 0 aromatic carbocycles. The summed E-state index contributed by atoms with van der Waals surface area (Å²) in [7, 11) is -14.8. The molecule has 0 atom stereocenters. The monoisotopic (exact) mass is 1250 g/mol. The third-order valence-corrected chi connectivity index (χ3v) is 8.37. The summed E-state index contributed by atoms with van der Waals surface area (Å²) in [5, 5.41) is 6.99. The molecule has 79 heavy (non-hydrogen) atoms. The fourth-order valence-electron chi connectivity index (χ4n) is 5.41. The minimum Gasteiger partial charge on any atom is -0.494 e.